The number of carbonyl (C=O) groups is 1. The zero-order valence-corrected chi connectivity index (χ0v) is 28.2. The number of hydrogen-bond donors (Lipinski definition) is 2. The van der Waals surface area contributed by atoms with Gasteiger partial charge >= 0.3 is 0 Å². The van der Waals surface area contributed by atoms with Gasteiger partial charge in [-0.25, -0.2) is 8.78 Å². The quantitative estimate of drug-likeness (QED) is 0.0885. The number of ether oxygens (including phenoxy) is 3. The van der Waals surface area contributed by atoms with Crippen molar-refractivity contribution in [3.05, 3.63) is 149 Å². The molecule has 7 nitrogen and oxygen atoms in total. The zero-order chi connectivity index (χ0) is 35.1. The third-order valence-electron chi connectivity index (χ3n) is 8.48. The molecular formula is C41H43F2N3O4. The average Bonchev–Trinajstić information content (AvgIpc) is 3.13. The normalized spacial score (nSPS) is 11.9. The van der Waals surface area contributed by atoms with Crippen LogP contribution in [0.25, 0.3) is 22.4 Å². The summed E-state index contributed by atoms with van der Waals surface area (Å²) in [4.78, 5) is 15.7. The molecule has 0 saturated carbocycles. The molecule has 1 atom stereocenters. The summed E-state index contributed by atoms with van der Waals surface area (Å²) in [5, 5.41) is 3.65. The van der Waals surface area contributed by atoms with Crippen LogP contribution in [-0.4, -0.2) is 57.1 Å². The van der Waals surface area contributed by atoms with Gasteiger partial charge in [0.15, 0.2) is 0 Å². The molecule has 1 aromatic heterocycles. The number of primary amides is 1. The molecule has 50 heavy (non-hydrogen) atoms. The SMILES string of the molecule is Cc1c(-c2ccccc2)cccc1-c1ccc(C(NCCOCCOCCOCCC(N)=O)C(c2ccc(F)cc2)c2ccc(F)cc2)cn1. The number of pyridine rings is 1. The van der Waals surface area contributed by atoms with Crippen LogP contribution in [0.3, 0.4) is 0 Å². The van der Waals surface area contributed by atoms with E-state index < -0.39 is 5.91 Å². The van der Waals surface area contributed by atoms with Gasteiger partial charge in [0.25, 0.3) is 0 Å². The van der Waals surface area contributed by atoms with Crippen molar-refractivity contribution in [2.24, 2.45) is 5.73 Å². The molecule has 0 aliphatic carbocycles. The first kappa shape index (κ1) is 36.5. The van der Waals surface area contributed by atoms with E-state index in [9.17, 15) is 13.6 Å². The number of benzene rings is 4. The Labute approximate surface area is 292 Å². The van der Waals surface area contributed by atoms with Crippen molar-refractivity contribution in [2.45, 2.75) is 25.3 Å². The molecule has 3 N–H and O–H groups in total. The fourth-order valence-electron chi connectivity index (χ4n) is 5.94. The van der Waals surface area contributed by atoms with Crippen molar-refractivity contribution in [3.8, 4) is 22.4 Å². The monoisotopic (exact) mass is 679 g/mol. The van der Waals surface area contributed by atoms with Crippen LogP contribution in [0.15, 0.2) is 115 Å². The van der Waals surface area contributed by atoms with Crippen molar-refractivity contribution in [1.82, 2.24) is 10.3 Å². The van der Waals surface area contributed by atoms with Gasteiger partial charge in [-0.3, -0.25) is 9.78 Å². The maximum Gasteiger partial charge on any atom is 0.219 e. The largest absolute Gasteiger partial charge is 0.379 e. The van der Waals surface area contributed by atoms with E-state index in [0.717, 1.165) is 44.6 Å². The molecule has 9 heteroatoms. The van der Waals surface area contributed by atoms with Crippen molar-refractivity contribution < 1.29 is 27.8 Å². The van der Waals surface area contributed by atoms with E-state index in [-0.39, 0.29) is 36.6 Å². The highest BCUT2D eigenvalue weighted by Gasteiger charge is 2.27. The molecule has 0 fully saturated rings. The molecule has 0 bridgehead atoms. The van der Waals surface area contributed by atoms with E-state index in [0.29, 0.717) is 39.6 Å². The maximum atomic E-state index is 14.1. The first-order valence-electron chi connectivity index (χ1n) is 16.8. The maximum absolute atomic E-state index is 14.1. The Bertz CT molecular complexity index is 1720. The van der Waals surface area contributed by atoms with Crippen molar-refractivity contribution >= 4 is 5.91 Å². The second-order valence-electron chi connectivity index (χ2n) is 11.9. The summed E-state index contributed by atoms with van der Waals surface area (Å²) >= 11 is 0. The molecule has 0 saturated heterocycles. The highest BCUT2D eigenvalue weighted by molar-refractivity contribution is 5.76. The molecule has 0 spiro atoms. The summed E-state index contributed by atoms with van der Waals surface area (Å²) < 4.78 is 44.8. The number of carbonyl (C=O) groups excluding carboxylic acids is 1. The number of amides is 1. The average molecular weight is 680 g/mol. The van der Waals surface area contributed by atoms with Crippen LogP contribution in [0.4, 0.5) is 8.78 Å². The Morgan fingerprint density at radius 1 is 0.680 bits per heavy atom. The topological polar surface area (TPSA) is 95.7 Å². The molecule has 0 radical (unpaired) electrons. The number of aromatic nitrogens is 1. The number of hydrogen-bond acceptors (Lipinski definition) is 6. The highest BCUT2D eigenvalue weighted by atomic mass is 19.1. The minimum Gasteiger partial charge on any atom is -0.379 e. The van der Waals surface area contributed by atoms with Gasteiger partial charge in [-0.15, -0.1) is 0 Å². The third kappa shape index (κ3) is 10.4. The van der Waals surface area contributed by atoms with Gasteiger partial charge in [-0.1, -0.05) is 78.9 Å². The van der Waals surface area contributed by atoms with Gasteiger partial charge in [0.05, 0.1) is 45.3 Å². The number of halogens is 2. The molecule has 1 heterocycles. The Balaban J connectivity index is 1.33. The lowest BCUT2D eigenvalue weighted by atomic mass is 9.82. The van der Waals surface area contributed by atoms with E-state index in [1.54, 1.807) is 24.3 Å². The van der Waals surface area contributed by atoms with Gasteiger partial charge in [-0.2, -0.15) is 0 Å². The molecule has 0 aliphatic rings. The molecule has 4 aromatic carbocycles. The van der Waals surface area contributed by atoms with Crippen molar-refractivity contribution in [2.75, 3.05) is 46.2 Å². The van der Waals surface area contributed by atoms with Crippen molar-refractivity contribution in [1.29, 1.82) is 0 Å². The van der Waals surface area contributed by atoms with Gasteiger partial charge in [-0.05, 0) is 70.6 Å². The number of nitrogens with two attached hydrogens (primary N) is 1. The van der Waals surface area contributed by atoms with E-state index >= 15 is 0 Å². The molecule has 260 valence electrons. The van der Waals surface area contributed by atoms with Crippen LogP contribution >= 0.6 is 0 Å². The van der Waals surface area contributed by atoms with Gasteiger partial charge < -0.3 is 25.3 Å². The fourth-order valence-corrected chi connectivity index (χ4v) is 5.94. The fraction of sp³-hybridized carbons (Fsp3) is 0.268. The minimum atomic E-state index is -0.398. The molecule has 5 aromatic rings. The summed E-state index contributed by atoms with van der Waals surface area (Å²) in [5.41, 5.74) is 13.1. The summed E-state index contributed by atoms with van der Waals surface area (Å²) in [7, 11) is 0. The number of nitrogens with one attached hydrogen (secondary N) is 1. The van der Waals surface area contributed by atoms with Crippen LogP contribution < -0.4 is 11.1 Å². The summed E-state index contributed by atoms with van der Waals surface area (Å²) in [6.45, 7) is 4.84. The molecule has 1 unspecified atom stereocenters. The molecule has 5 rings (SSSR count). The second-order valence-corrected chi connectivity index (χ2v) is 11.9. The first-order chi connectivity index (χ1) is 24.4. The summed E-state index contributed by atoms with van der Waals surface area (Å²) in [6.07, 6.45) is 2.06. The Morgan fingerprint density at radius 3 is 1.82 bits per heavy atom. The number of nitrogens with zero attached hydrogens (tertiary/aromatic N) is 1. The Morgan fingerprint density at radius 2 is 1.24 bits per heavy atom. The van der Waals surface area contributed by atoms with Gasteiger partial charge in [0, 0.05) is 36.7 Å². The predicted molar refractivity (Wildman–Crippen MR) is 192 cm³/mol. The van der Waals surface area contributed by atoms with Gasteiger partial charge in [0.1, 0.15) is 11.6 Å². The highest BCUT2D eigenvalue weighted by Crippen LogP contribution is 2.38. The van der Waals surface area contributed by atoms with Crippen LogP contribution in [0.1, 0.15) is 40.6 Å². The molecular weight excluding hydrogens is 636 g/mol. The van der Waals surface area contributed by atoms with Crippen LogP contribution in [0, 0.1) is 18.6 Å². The first-order valence-corrected chi connectivity index (χ1v) is 16.8. The lowest BCUT2D eigenvalue weighted by molar-refractivity contribution is -0.119. The van der Waals surface area contributed by atoms with E-state index in [4.69, 9.17) is 24.9 Å². The second kappa shape index (κ2) is 18.8. The third-order valence-corrected chi connectivity index (χ3v) is 8.48. The smallest absolute Gasteiger partial charge is 0.219 e. The predicted octanol–water partition coefficient (Wildman–Crippen LogP) is 7.39. The van der Waals surface area contributed by atoms with Crippen LogP contribution in [-0.2, 0) is 19.0 Å². The van der Waals surface area contributed by atoms with Gasteiger partial charge in [0.2, 0.25) is 5.91 Å². The number of rotatable bonds is 19. The molecule has 0 aliphatic heterocycles. The minimum absolute atomic E-state index is 0.183. The van der Waals surface area contributed by atoms with E-state index in [1.807, 2.05) is 30.5 Å². The van der Waals surface area contributed by atoms with Crippen LogP contribution in [0.2, 0.25) is 0 Å². The zero-order valence-electron chi connectivity index (χ0n) is 28.2. The Kier molecular flexibility index (Phi) is 13.7. The summed E-state index contributed by atoms with van der Waals surface area (Å²) in [5.74, 6) is -1.35. The van der Waals surface area contributed by atoms with E-state index in [1.165, 1.54) is 24.3 Å². The lowest BCUT2D eigenvalue weighted by Gasteiger charge is -2.30. The standard InChI is InChI=1S/C41H43F2N3O4/c1-29-36(30-6-3-2-4-7-30)8-5-9-37(29)38-19-14-33(28-46-38)41(45-21-23-49-25-27-50-26-24-48-22-20-39(44)47)40(31-10-15-34(42)16-11-31)32-12-17-35(43)18-13-32/h2-19,28,40-41,45H,20-27H2,1H3,(H2,44,47). The van der Waals surface area contributed by atoms with E-state index in [2.05, 4.69) is 48.6 Å². The van der Waals surface area contributed by atoms with Crippen LogP contribution in [0.5, 0.6) is 0 Å². The molecule has 1 amide bonds. The van der Waals surface area contributed by atoms with Crippen molar-refractivity contribution in [3.63, 3.8) is 0 Å². The Hall–Kier alpha value is -4.80. The summed E-state index contributed by atoms with van der Waals surface area (Å²) in [6, 6.07) is 33.2. The lowest BCUT2D eigenvalue weighted by Crippen LogP contribution is -2.31.